The summed E-state index contributed by atoms with van der Waals surface area (Å²) in [6, 6.07) is 12.6. The van der Waals surface area contributed by atoms with Crippen LogP contribution in [0.15, 0.2) is 48.8 Å². The zero-order chi connectivity index (χ0) is 32.0. The van der Waals surface area contributed by atoms with Crippen LogP contribution < -0.4 is 29.9 Å². The number of carbonyl (C=O) groups excluding carboxylic acids is 1. The lowest BCUT2D eigenvalue weighted by atomic mass is 9.89. The van der Waals surface area contributed by atoms with Gasteiger partial charge in [0, 0.05) is 49.2 Å². The number of methoxy groups -OCH3 is 2. The first kappa shape index (κ1) is 30.0. The molecule has 1 saturated heterocycles. The normalized spacial score (nSPS) is 20.6. The number of pyridine rings is 1. The Morgan fingerprint density at radius 3 is 2.76 bits per heavy atom. The Morgan fingerprint density at radius 1 is 1.13 bits per heavy atom. The molecule has 2 aliphatic heterocycles. The summed E-state index contributed by atoms with van der Waals surface area (Å²) in [5.41, 5.74) is 4.60. The molecule has 2 aromatic carbocycles. The number of benzene rings is 2. The molecule has 1 aliphatic carbocycles. The maximum Gasteiger partial charge on any atom is 0.373 e. The van der Waals surface area contributed by atoms with Crippen LogP contribution in [0.1, 0.15) is 24.0 Å². The van der Waals surface area contributed by atoms with Crippen molar-refractivity contribution in [3.8, 4) is 11.5 Å². The van der Waals surface area contributed by atoms with Gasteiger partial charge in [0.2, 0.25) is 0 Å². The molecule has 4 bridgehead atoms. The molecule has 14 heteroatoms. The minimum atomic E-state index is -3.25. The van der Waals surface area contributed by atoms with Crippen molar-refractivity contribution in [2.24, 2.45) is 0 Å². The van der Waals surface area contributed by atoms with Crippen LogP contribution in [0, 0.1) is 0 Å². The minimum Gasteiger partial charge on any atom is -0.497 e. The molecule has 2 N–H and O–H groups in total. The third-order valence-electron chi connectivity index (χ3n) is 8.66. The van der Waals surface area contributed by atoms with E-state index < -0.39 is 12.7 Å². The summed E-state index contributed by atoms with van der Waals surface area (Å²) in [4.78, 5) is 26.5. The van der Waals surface area contributed by atoms with Gasteiger partial charge in [0.15, 0.2) is 5.65 Å². The van der Waals surface area contributed by atoms with Gasteiger partial charge in [0.1, 0.15) is 35.7 Å². The highest BCUT2D eigenvalue weighted by atomic mass is 19.3. The molecular weight excluding hydrogens is 600 g/mol. The summed E-state index contributed by atoms with van der Waals surface area (Å²) in [6.45, 7) is 0.387. The lowest BCUT2D eigenvalue weighted by Crippen LogP contribution is -2.52. The minimum absolute atomic E-state index is 0.0865. The van der Waals surface area contributed by atoms with Crippen LogP contribution in [0.4, 0.5) is 36.5 Å². The van der Waals surface area contributed by atoms with E-state index in [-0.39, 0.29) is 31.4 Å². The van der Waals surface area contributed by atoms with Crippen molar-refractivity contribution in [2.45, 2.75) is 44.2 Å². The van der Waals surface area contributed by atoms with E-state index >= 15 is 0 Å². The quantitative estimate of drug-likeness (QED) is 0.304. The van der Waals surface area contributed by atoms with Crippen molar-refractivity contribution in [1.29, 1.82) is 0 Å². The van der Waals surface area contributed by atoms with Gasteiger partial charge in [-0.15, -0.1) is 0 Å². The van der Waals surface area contributed by atoms with E-state index in [1.54, 1.807) is 19.1 Å². The van der Waals surface area contributed by atoms with Gasteiger partial charge in [-0.3, -0.25) is 0 Å². The summed E-state index contributed by atoms with van der Waals surface area (Å²) in [6.07, 6.45) is -0.389. The summed E-state index contributed by atoms with van der Waals surface area (Å²) in [5, 5.41) is 6.43. The molecule has 12 nitrogen and oxygen atoms in total. The Bertz CT molecular complexity index is 1780. The van der Waals surface area contributed by atoms with E-state index in [1.165, 1.54) is 10.9 Å². The van der Waals surface area contributed by atoms with Crippen molar-refractivity contribution in [1.82, 2.24) is 19.9 Å². The van der Waals surface area contributed by atoms with Gasteiger partial charge in [-0.1, -0.05) is 0 Å². The van der Waals surface area contributed by atoms with E-state index in [0.717, 1.165) is 29.7 Å². The number of nitrogens with zero attached hydrogens (tertiary/aromatic N) is 5. The van der Waals surface area contributed by atoms with E-state index in [0.29, 0.717) is 52.9 Å². The van der Waals surface area contributed by atoms with Gasteiger partial charge in [0.05, 0.1) is 45.3 Å². The summed E-state index contributed by atoms with van der Waals surface area (Å²) < 4.78 is 51.7. The van der Waals surface area contributed by atoms with Gasteiger partial charge in [-0.25, -0.2) is 19.3 Å². The van der Waals surface area contributed by atoms with Crippen LogP contribution in [0.5, 0.6) is 11.5 Å². The summed E-state index contributed by atoms with van der Waals surface area (Å²) in [7, 11) is 5.14. The molecule has 4 aromatic rings. The first-order chi connectivity index (χ1) is 22.2. The number of fused-ring (bicyclic) bond motifs is 4. The van der Waals surface area contributed by atoms with Crippen LogP contribution in [0.25, 0.3) is 11.2 Å². The maximum absolute atomic E-state index is 14.2. The van der Waals surface area contributed by atoms with E-state index in [4.69, 9.17) is 19.2 Å². The first-order valence-electron chi connectivity index (χ1n) is 15.1. The number of hydrogen-bond donors (Lipinski definition) is 2. The number of anilines is 4. The second kappa shape index (κ2) is 11.9. The number of morpholine rings is 1. The highest BCUT2D eigenvalue weighted by Gasteiger charge is 2.37. The van der Waals surface area contributed by atoms with Gasteiger partial charge in [-0.2, -0.15) is 8.78 Å². The molecule has 1 saturated carbocycles. The maximum atomic E-state index is 14.2. The first-order valence-corrected chi connectivity index (χ1v) is 15.1. The number of hydrogen-bond acceptors (Lipinski definition) is 10. The smallest absolute Gasteiger partial charge is 0.373 e. The molecule has 7 rings (SSSR count). The molecule has 0 unspecified atom stereocenters. The van der Waals surface area contributed by atoms with Gasteiger partial charge in [0.25, 0.3) is 0 Å². The highest BCUT2D eigenvalue weighted by Crippen LogP contribution is 2.35. The fraction of sp³-hybridized carbons (Fsp3) is 0.406. The predicted molar refractivity (Wildman–Crippen MR) is 168 cm³/mol. The summed E-state index contributed by atoms with van der Waals surface area (Å²) >= 11 is 0. The van der Waals surface area contributed by atoms with Crippen molar-refractivity contribution in [3.63, 3.8) is 0 Å². The Kier molecular flexibility index (Phi) is 7.77. The fourth-order valence-corrected chi connectivity index (χ4v) is 6.10. The Morgan fingerprint density at radius 2 is 2.00 bits per heavy atom. The van der Waals surface area contributed by atoms with Crippen LogP contribution in [0.3, 0.4) is 0 Å². The van der Waals surface area contributed by atoms with Crippen LogP contribution >= 0.6 is 0 Å². The fourth-order valence-electron chi connectivity index (χ4n) is 6.10. The van der Waals surface area contributed by atoms with E-state index in [2.05, 4.69) is 20.4 Å². The van der Waals surface area contributed by atoms with Crippen molar-refractivity contribution in [2.75, 3.05) is 56.1 Å². The van der Waals surface area contributed by atoms with Crippen LogP contribution in [-0.2, 0) is 22.6 Å². The lowest BCUT2D eigenvalue weighted by Gasteiger charge is -2.37. The van der Waals surface area contributed by atoms with Crippen LogP contribution in [-0.4, -0.2) is 79.8 Å². The molecule has 4 heterocycles. The molecule has 2 aromatic heterocycles. The Labute approximate surface area is 264 Å². The van der Waals surface area contributed by atoms with Gasteiger partial charge in [-0.05, 0) is 48.7 Å². The highest BCUT2D eigenvalue weighted by molar-refractivity contribution is 5.95. The Hall–Kier alpha value is -4.69. The number of imidazole rings is 1. The van der Waals surface area contributed by atoms with Gasteiger partial charge >= 0.3 is 12.1 Å². The van der Waals surface area contributed by atoms with Crippen LogP contribution in [0.2, 0.25) is 0 Å². The molecule has 3 aliphatic rings. The van der Waals surface area contributed by atoms with Gasteiger partial charge < -0.3 is 39.4 Å². The van der Waals surface area contributed by atoms with E-state index in [9.17, 15) is 13.6 Å². The second-order valence-corrected chi connectivity index (χ2v) is 11.8. The number of nitrogens with one attached hydrogen (secondary N) is 2. The molecule has 0 spiro atoms. The number of aromatic nitrogens is 3. The third-order valence-corrected chi connectivity index (χ3v) is 8.66. The molecular formula is C32H35F2N7O5. The SMILES string of the molecule is COc1ccc(CN(C)c2cc3nc4c2ncn4C(=O)N[C@@H]2CC[C@H]2OCc2cc(cc(N4CCOC(F)(F)C4)c2)N3)c(OC)c1. The number of carbonyl (C=O) groups is 1. The lowest BCUT2D eigenvalue weighted by molar-refractivity contribution is -0.240. The number of halogens is 2. The molecule has 1 amide bonds. The number of amides is 1. The number of alkyl halides is 2. The zero-order valence-electron chi connectivity index (χ0n) is 25.8. The molecule has 242 valence electrons. The van der Waals surface area contributed by atoms with E-state index in [1.807, 2.05) is 54.4 Å². The standard InChI is InChI=1S/C32H35F2N7O5/c1-39(15-20-4-5-23(43-2)13-27(20)44-3)25-14-28-36-21-10-19(11-22(12-21)40-8-9-46-32(33,34)17-40)16-45-26-7-6-24(26)37-31(42)41-18-35-29(25)30(41)38-28/h4-5,10-14,18,24,26H,6-9,15-17H2,1-3H3,(H,36,38)(H,37,42)/t24-,26-/m1/s1. The predicted octanol–water partition coefficient (Wildman–Crippen LogP) is 4.88. The Balaban J connectivity index is 1.30. The second-order valence-electron chi connectivity index (χ2n) is 11.8. The molecule has 2 atom stereocenters. The summed E-state index contributed by atoms with van der Waals surface area (Å²) in [5.74, 6) is 1.80. The number of rotatable bonds is 6. The average Bonchev–Trinajstić information content (AvgIpc) is 3.46. The van der Waals surface area contributed by atoms with Crippen molar-refractivity contribution < 1.29 is 32.5 Å². The molecule has 46 heavy (non-hydrogen) atoms. The topological polar surface area (TPSA) is 115 Å². The monoisotopic (exact) mass is 635 g/mol. The number of ether oxygens (including phenoxy) is 4. The average molecular weight is 636 g/mol. The zero-order valence-corrected chi connectivity index (χ0v) is 25.8. The third kappa shape index (κ3) is 5.85. The largest absolute Gasteiger partial charge is 0.497 e. The molecule has 2 fully saturated rings. The van der Waals surface area contributed by atoms with Crippen molar-refractivity contribution in [3.05, 3.63) is 59.9 Å². The van der Waals surface area contributed by atoms with Crippen molar-refractivity contribution >= 4 is 40.1 Å². The molecule has 0 radical (unpaired) electrons.